The number of hydrogen-bond acceptors (Lipinski definition) is 5. The first-order chi connectivity index (χ1) is 14.0. The van der Waals surface area contributed by atoms with Gasteiger partial charge in [0, 0.05) is 32.0 Å². The quantitative estimate of drug-likeness (QED) is 0.752. The molecule has 3 heterocycles. The monoisotopic (exact) mass is 395 g/mol. The Balaban J connectivity index is 1.35. The molecule has 0 saturated carbocycles. The number of carbonyl (C=O) groups excluding carboxylic acids is 1. The molecule has 1 saturated heterocycles. The Morgan fingerprint density at radius 1 is 1.24 bits per heavy atom. The molecule has 0 bridgehead atoms. The molecule has 0 unspecified atom stereocenters. The fourth-order valence-electron chi connectivity index (χ4n) is 4.41. The highest BCUT2D eigenvalue weighted by Crippen LogP contribution is 2.37. The van der Waals surface area contributed by atoms with Crippen LogP contribution in [-0.4, -0.2) is 54.2 Å². The Morgan fingerprint density at radius 2 is 2.10 bits per heavy atom. The van der Waals surface area contributed by atoms with Crippen LogP contribution in [0.5, 0.6) is 11.5 Å². The van der Waals surface area contributed by atoms with Crippen LogP contribution in [0.15, 0.2) is 42.7 Å². The second-order valence-electron chi connectivity index (χ2n) is 8.63. The molecule has 29 heavy (non-hydrogen) atoms. The Bertz CT molecular complexity index is 858. The largest absolute Gasteiger partial charge is 0.454 e. The average Bonchev–Trinajstić information content (AvgIpc) is 3.16. The van der Waals surface area contributed by atoms with E-state index in [1.807, 2.05) is 36.3 Å². The predicted molar refractivity (Wildman–Crippen MR) is 111 cm³/mol. The van der Waals surface area contributed by atoms with Crippen LogP contribution in [0.3, 0.4) is 0 Å². The molecule has 2 aliphatic rings. The van der Waals surface area contributed by atoms with Crippen molar-refractivity contribution in [2.24, 2.45) is 5.41 Å². The van der Waals surface area contributed by atoms with Crippen LogP contribution >= 0.6 is 0 Å². The van der Waals surface area contributed by atoms with Gasteiger partial charge in [-0.3, -0.25) is 14.7 Å². The van der Waals surface area contributed by atoms with E-state index in [-0.39, 0.29) is 11.3 Å². The summed E-state index contributed by atoms with van der Waals surface area (Å²) < 4.78 is 10.9. The van der Waals surface area contributed by atoms with Crippen LogP contribution in [0.25, 0.3) is 0 Å². The first-order valence-corrected chi connectivity index (χ1v) is 10.2. The topological polar surface area (TPSA) is 54.9 Å². The Hall–Kier alpha value is -2.60. The smallest absolute Gasteiger partial charge is 0.236 e. The molecular weight excluding hydrogens is 366 g/mol. The second-order valence-corrected chi connectivity index (χ2v) is 8.63. The van der Waals surface area contributed by atoms with Gasteiger partial charge < -0.3 is 14.4 Å². The number of fused-ring (bicyclic) bond motifs is 1. The van der Waals surface area contributed by atoms with E-state index in [1.165, 1.54) is 5.56 Å². The number of hydrogen-bond donors (Lipinski definition) is 0. The van der Waals surface area contributed by atoms with Gasteiger partial charge in [-0.25, -0.2) is 0 Å². The molecule has 1 aromatic heterocycles. The first-order valence-electron chi connectivity index (χ1n) is 10.2. The molecule has 6 heteroatoms. The second kappa shape index (κ2) is 8.41. The maximum absolute atomic E-state index is 12.9. The molecule has 1 amide bonds. The lowest BCUT2D eigenvalue weighted by atomic mass is 9.77. The van der Waals surface area contributed by atoms with Crippen molar-refractivity contribution in [2.75, 3.05) is 33.5 Å². The number of aromatic nitrogens is 1. The molecule has 4 rings (SSSR count). The Morgan fingerprint density at radius 3 is 2.93 bits per heavy atom. The highest BCUT2D eigenvalue weighted by Gasteiger charge is 2.33. The third kappa shape index (κ3) is 4.88. The van der Waals surface area contributed by atoms with E-state index < -0.39 is 0 Å². The normalized spacial score (nSPS) is 20.9. The molecule has 154 valence electrons. The van der Waals surface area contributed by atoms with Gasteiger partial charge in [-0.1, -0.05) is 19.1 Å². The van der Waals surface area contributed by atoms with Crippen molar-refractivity contribution in [3.05, 3.63) is 53.9 Å². The fraction of sp³-hybridized carbons (Fsp3) is 0.478. The summed E-state index contributed by atoms with van der Waals surface area (Å²) in [5.74, 6) is 1.84. The molecule has 0 spiro atoms. The van der Waals surface area contributed by atoms with Crippen molar-refractivity contribution in [3.8, 4) is 11.5 Å². The molecular formula is C23H29N3O3. The molecule has 1 aromatic carbocycles. The highest BCUT2D eigenvalue weighted by atomic mass is 16.7. The summed E-state index contributed by atoms with van der Waals surface area (Å²) in [4.78, 5) is 21.2. The zero-order valence-corrected chi connectivity index (χ0v) is 17.3. The molecule has 0 aliphatic carbocycles. The standard InChI is InChI=1S/C23H29N3O3/c1-23(12-18-6-7-20-21(11-18)29-17-28-20)8-4-10-26(16-23)22(27)15-25(2)14-19-5-3-9-24-13-19/h3,5-7,9,11,13H,4,8,10,12,14-17H2,1-2H3/t23-/m0/s1. The Labute approximate surface area is 172 Å². The average molecular weight is 396 g/mol. The maximum atomic E-state index is 12.9. The predicted octanol–water partition coefficient (Wildman–Crippen LogP) is 3.11. The number of likely N-dealkylation sites (N-methyl/N-ethyl adjacent to an activating group) is 1. The van der Waals surface area contributed by atoms with Crippen LogP contribution in [0.2, 0.25) is 0 Å². The summed E-state index contributed by atoms with van der Waals surface area (Å²) in [7, 11) is 1.99. The number of rotatable bonds is 6. The van der Waals surface area contributed by atoms with E-state index in [4.69, 9.17) is 9.47 Å². The number of pyridine rings is 1. The van der Waals surface area contributed by atoms with E-state index in [2.05, 4.69) is 28.9 Å². The van der Waals surface area contributed by atoms with Crippen LogP contribution in [-0.2, 0) is 17.8 Å². The molecule has 6 nitrogen and oxygen atoms in total. The zero-order valence-electron chi connectivity index (χ0n) is 17.3. The maximum Gasteiger partial charge on any atom is 0.236 e. The highest BCUT2D eigenvalue weighted by molar-refractivity contribution is 5.78. The summed E-state index contributed by atoms with van der Waals surface area (Å²) >= 11 is 0. The van der Waals surface area contributed by atoms with Crippen molar-refractivity contribution in [1.82, 2.24) is 14.8 Å². The van der Waals surface area contributed by atoms with Crippen molar-refractivity contribution >= 4 is 5.91 Å². The number of carbonyl (C=O) groups is 1. The third-order valence-electron chi connectivity index (χ3n) is 5.78. The fourth-order valence-corrected chi connectivity index (χ4v) is 4.41. The minimum Gasteiger partial charge on any atom is -0.454 e. The SMILES string of the molecule is CN(CC(=O)N1CCC[C@@](C)(Cc2ccc3c(c2)OCO3)C1)Cc1cccnc1. The van der Waals surface area contributed by atoms with Gasteiger partial charge in [-0.15, -0.1) is 0 Å². The van der Waals surface area contributed by atoms with Gasteiger partial charge in [0.05, 0.1) is 6.54 Å². The van der Waals surface area contributed by atoms with E-state index >= 15 is 0 Å². The van der Waals surface area contributed by atoms with Crippen LogP contribution < -0.4 is 9.47 Å². The number of amides is 1. The van der Waals surface area contributed by atoms with E-state index in [9.17, 15) is 4.79 Å². The number of piperidine rings is 1. The minimum atomic E-state index is 0.0729. The zero-order chi connectivity index (χ0) is 20.3. The Kier molecular flexibility index (Phi) is 5.72. The lowest BCUT2D eigenvalue weighted by molar-refractivity contribution is -0.135. The van der Waals surface area contributed by atoms with E-state index in [0.29, 0.717) is 13.3 Å². The van der Waals surface area contributed by atoms with Crippen molar-refractivity contribution in [3.63, 3.8) is 0 Å². The van der Waals surface area contributed by atoms with Gasteiger partial charge in [0.2, 0.25) is 12.7 Å². The summed E-state index contributed by atoms with van der Waals surface area (Å²) in [5.41, 5.74) is 2.43. The summed E-state index contributed by atoms with van der Waals surface area (Å²) in [6, 6.07) is 10.1. The summed E-state index contributed by atoms with van der Waals surface area (Å²) in [6.45, 7) is 5.37. The van der Waals surface area contributed by atoms with Gasteiger partial charge in [0.25, 0.3) is 0 Å². The number of likely N-dealkylation sites (tertiary alicyclic amines) is 1. The first kappa shape index (κ1) is 19.7. The number of nitrogens with zero attached hydrogens (tertiary/aromatic N) is 3. The van der Waals surface area contributed by atoms with Gasteiger partial charge >= 0.3 is 0 Å². The summed E-state index contributed by atoms with van der Waals surface area (Å²) in [6.07, 6.45) is 6.71. The van der Waals surface area contributed by atoms with Gasteiger partial charge in [-0.2, -0.15) is 0 Å². The van der Waals surface area contributed by atoms with Crippen LogP contribution in [0.1, 0.15) is 30.9 Å². The molecule has 1 fully saturated rings. The van der Waals surface area contributed by atoms with Crippen molar-refractivity contribution in [1.29, 1.82) is 0 Å². The molecule has 0 radical (unpaired) electrons. The molecule has 2 aliphatic heterocycles. The van der Waals surface area contributed by atoms with E-state index in [0.717, 1.165) is 56.0 Å². The lowest BCUT2D eigenvalue weighted by Crippen LogP contribution is -2.48. The minimum absolute atomic E-state index is 0.0729. The van der Waals surface area contributed by atoms with Crippen molar-refractivity contribution < 1.29 is 14.3 Å². The van der Waals surface area contributed by atoms with Gasteiger partial charge in [0.1, 0.15) is 0 Å². The van der Waals surface area contributed by atoms with Crippen molar-refractivity contribution in [2.45, 2.75) is 32.7 Å². The number of benzene rings is 1. The van der Waals surface area contributed by atoms with E-state index in [1.54, 1.807) is 6.20 Å². The molecule has 1 atom stereocenters. The molecule has 2 aromatic rings. The van der Waals surface area contributed by atoms with Crippen LogP contribution in [0.4, 0.5) is 0 Å². The van der Waals surface area contributed by atoms with Crippen LogP contribution in [0, 0.1) is 5.41 Å². The molecule has 0 N–H and O–H groups in total. The van der Waals surface area contributed by atoms with Gasteiger partial charge in [-0.05, 0) is 61.1 Å². The summed E-state index contributed by atoms with van der Waals surface area (Å²) in [5, 5.41) is 0. The lowest BCUT2D eigenvalue weighted by Gasteiger charge is -2.41. The third-order valence-corrected chi connectivity index (χ3v) is 5.78. The van der Waals surface area contributed by atoms with Gasteiger partial charge in [0.15, 0.2) is 11.5 Å². The number of ether oxygens (including phenoxy) is 2.